The number of aliphatic hydroxyl groups is 1. The van der Waals surface area contributed by atoms with Gasteiger partial charge in [0.05, 0.1) is 6.61 Å². The molecule has 0 heterocycles. The first-order chi connectivity index (χ1) is 9.01. The lowest BCUT2D eigenvalue weighted by molar-refractivity contribution is 0.0718. The smallest absolute Gasteiger partial charge is 0.254 e. The molecule has 0 bridgehead atoms. The minimum atomic E-state index is -1.60. The van der Waals surface area contributed by atoms with Crippen molar-refractivity contribution in [2.75, 3.05) is 19.7 Å². The minimum Gasteiger partial charge on any atom is -0.395 e. The van der Waals surface area contributed by atoms with Crippen molar-refractivity contribution < 1.29 is 23.1 Å². The number of halogens is 3. The summed E-state index contributed by atoms with van der Waals surface area (Å²) in [4.78, 5) is 13.3. The number of carbonyl (C=O) groups excluding carboxylic acids is 1. The number of hydrogen-bond acceptors (Lipinski definition) is 2. The van der Waals surface area contributed by atoms with Crippen molar-refractivity contribution >= 4 is 5.91 Å². The SMILES string of the molecule is CCCCN(CCO)C(=O)c1cc(F)c(F)c(F)c1. The number of aliphatic hydroxyl groups excluding tert-OH is 1. The van der Waals surface area contributed by atoms with E-state index < -0.39 is 23.4 Å². The Kier molecular flexibility index (Phi) is 5.82. The van der Waals surface area contributed by atoms with Gasteiger partial charge in [0.2, 0.25) is 0 Å². The fourth-order valence-corrected chi connectivity index (χ4v) is 1.65. The Labute approximate surface area is 109 Å². The van der Waals surface area contributed by atoms with E-state index in [0.717, 1.165) is 6.42 Å². The Morgan fingerprint density at radius 3 is 2.26 bits per heavy atom. The van der Waals surface area contributed by atoms with E-state index in [-0.39, 0.29) is 18.7 Å². The lowest BCUT2D eigenvalue weighted by Gasteiger charge is -2.21. The van der Waals surface area contributed by atoms with Crippen molar-refractivity contribution in [3.05, 3.63) is 35.1 Å². The van der Waals surface area contributed by atoms with Crippen LogP contribution in [0.5, 0.6) is 0 Å². The van der Waals surface area contributed by atoms with Crippen molar-refractivity contribution in [2.24, 2.45) is 0 Å². The molecule has 0 saturated heterocycles. The first-order valence-corrected chi connectivity index (χ1v) is 6.06. The van der Waals surface area contributed by atoms with E-state index >= 15 is 0 Å². The molecule has 6 heteroatoms. The molecule has 1 rings (SSSR count). The highest BCUT2D eigenvalue weighted by atomic mass is 19.2. The zero-order valence-corrected chi connectivity index (χ0v) is 10.6. The summed E-state index contributed by atoms with van der Waals surface area (Å²) in [7, 11) is 0. The fraction of sp³-hybridized carbons (Fsp3) is 0.462. The summed E-state index contributed by atoms with van der Waals surface area (Å²) in [6.45, 7) is 2.12. The van der Waals surface area contributed by atoms with Gasteiger partial charge in [0.1, 0.15) is 0 Å². The van der Waals surface area contributed by atoms with Gasteiger partial charge < -0.3 is 10.0 Å². The van der Waals surface area contributed by atoms with E-state index in [1.807, 2.05) is 6.92 Å². The molecular weight excluding hydrogens is 259 g/mol. The molecule has 1 aromatic rings. The average molecular weight is 275 g/mol. The van der Waals surface area contributed by atoms with E-state index in [9.17, 15) is 18.0 Å². The van der Waals surface area contributed by atoms with Gasteiger partial charge in [-0.3, -0.25) is 4.79 Å². The third-order valence-corrected chi connectivity index (χ3v) is 2.67. The molecule has 0 aliphatic carbocycles. The molecule has 0 fully saturated rings. The van der Waals surface area contributed by atoms with E-state index in [1.165, 1.54) is 4.90 Å². The highest BCUT2D eigenvalue weighted by Crippen LogP contribution is 2.15. The highest BCUT2D eigenvalue weighted by molar-refractivity contribution is 5.94. The molecule has 0 aliphatic rings. The molecule has 3 nitrogen and oxygen atoms in total. The van der Waals surface area contributed by atoms with Gasteiger partial charge in [0.25, 0.3) is 5.91 Å². The van der Waals surface area contributed by atoms with Crippen LogP contribution in [0.2, 0.25) is 0 Å². The van der Waals surface area contributed by atoms with Gasteiger partial charge in [0, 0.05) is 18.7 Å². The number of carbonyl (C=O) groups is 1. The second-order valence-electron chi connectivity index (χ2n) is 4.12. The van der Waals surface area contributed by atoms with E-state index in [1.54, 1.807) is 0 Å². The Morgan fingerprint density at radius 1 is 1.21 bits per heavy atom. The normalized spacial score (nSPS) is 10.6. The zero-order valence-electron chi connectivity index (χ0n) is 10.6. The number of nitrogens with zero attached hydrogens (tertiary/aromatic N) is 1. The molecule has 0 saturated carbocycles. The van der Waals surface area contributed by atoms with Gasteiger partial charge in [-0.25, -0.2) is 13.2 Å². The maximum absolute atomic E-state index is 13.1. The zero-order chi connectivity index (χ0) is 14.4. The predicted molar refractivity (Wildman–Crippen MR) is 64.2 cm³/mol. The van der Waals surface area contributed by atoms with Crippen LogP contribution in [0.25, 0.3) is 0 Å². The lowest BCUT2D eigenvalue weighted by Crippen LogP contribution is -2.34. The van der Waals surface area contributed by atoms with Gasteiger partial charge in [0.15, 0.2) is 17.5 Å². The van der Waals surface area contributed by atoms with Crippen molar-refractivity contribution in [1.29, 1.82) is 0 Å². The van der Waals surface area contributed by atoms with Crippen molar-refractivity contribution in [3.63, 3.8) is 0 Å². The topological polar surface area (TPSA) is 40.5 Å². The van der Waals surface area contributed by atoms with Crippen LogP contribution >= 0.6 is 0 Å². The first kappa shape index (κ1) is 15.5. The van der Waals surface area contributed by atoms with Gasteiger partial charge in [-0.2, -0.15) is 0 Å². The minimum absolute atomic E-state index is 0.0689. The molecule has 106 valence electrons. The third kappa shape index (κ3) is 3.96. The fourth-order valence-electron chi connectivity index (χ4n) is 1.65. The molecule has 0 unspecified atom stereocenters. The van der Waals surface area contributed by atoms with Gasteiger partial charge in [-0.05, 0) is 18.6 Å². The van der Waals surface area contributed by atoms with Crippen LogP contribution in [0.3, 0.4) is 0 Å². The largest absolute Gasteiger partial charge is 0.395 e. The van der Waals surface area contributed by atoms with Gasteiger partial charge in [-0.15, -0.1) is 0 Å². The Hall–Kier alpha value is -1.56. The molecule has 0 aromatic heterocycles. The van der Waals surface area contributed by atoms with Crippen molar-refractivity contribution in [2.45, 2.75) is 19.8 Å². The summed E-state index contributed by atoms with van der Waals surface area (Å²) in [6.07, 6.45) is 1.54. The van der Waals surface area contributed by atoms with Gasteiger partial charge >= 0.3 is 0 Å². The molecule has 0 radical (unpaired) electrons. The van der Waals surface area contributed by atoms with E-state index in [4.69, 9.17) is 5.11 Å². The van der Waals surface area contributed by atoms with Gasteiger partial charge in [-0.1, -0.05) is 13.3 Å². The van der Waals surface area contributed by atoms with Crippen LogP contribution in [-0.4, -0.2) is 35.6 Å². The quantitative estimate of drug-likeness (QED) is 0.809. The standard InChI is InChI=1S/C13H16F3NO2/c1-2-3-4-17(5-6-18)13(19)9-7-10(14)12(16)11(15)8-9/h7-8,18H,2-6H2,1H3. The van der Waals surface area contributed by atoms with E-state index in [0.29, 0.717) is 25.1 Å². The van der Waals surface area contributed by atoms with Crippen LogP contribution in [-0.2, 0) is 0 Å². The van der Waals surface area contributed by atoms with Crippen LogP contribution in [0.1, 0.15) is 30.1 Å². The summed E-state index contributed by atoms with van der Waals surface area (Å²) >= 11 is 0. The number of amides is 1. The van der Waals surface area contributed by atoms with Crippen molar-refractivity contribution in [3.8, 4) is 0 Å². The lowest BCUT2D eigenvalue weighted by atomic mass is 10.1. The second-order valence-corrected chi connectivity index (χ2v) is 4.12. The monoisotopic (exact) mass is 275 g/mol. The molecule has 19 heavy (non-hydrogen) atoms. The third-order valence-electron chi connectivity index (χ3n) is 2.67. The summed E-state index contributed by atoms with van der Waals surface area (Å²) in [5.74, 6) is -5.02. The number of hydrogen-bond donors (Lipinski definition) is 1. The molecule has 1 aromatic carbocycles. The van der Waals surface area contributed by atoms with E-state index in [2.05, 4.69) is 0 Å². The number of benzene rings is 1. The predicted octanol–water partition coefficient (Wildman–Crippen LogP) is 2.34. The molecule has 0 atom stereocenters. The molecule has 1 N–H and O–H groups in total. The summed E-state index contributed by atoms with van der Waals surface area (Å²) < 4.78 is 38.9. The van der Waals surface area contributed by atoms with Crippen LogP contribution in [0.15, 0.2) is 12.1 Å². The molecule has 1 amide bonds. The Bertz CT molecular complexity index is 429. The highest BCUT2D eigenvalue weighted by Gasteiger charge is 2.19. The Balaban J connectivity index is 2.95. The van der Waals surface area contributed by atoms with Crippen molar-refractivity contribution in [1.82, 2.24) is 4.90 Å². The maximum atomic E-state index is 13.1. The number of unbranched alkanes of at least 4 members (excludes halogenated alkanes) is 1. The van der Waals surface area contributed by atoms with Crippen LogP contribution in [0.4, 0.5) is 13.2 Å². The summed E-state index contributed by atoms with van der Waals surface area (Å²) in [6, 6.07) is 1.33. The van der Waals surface area contributed by atoms with Crippen LogP contribution < -0.4 is 0 Å². The van der Waals surface area contributed by atoms with Crippen LogP contribution in [0, 0.1) is 17.5 Å². The molecular formula is C13H16F3NO2. The summed E-state index contributed by atoms with van der Waals surface area (Å²) in [5, 5.41) is 8.88. The number of rotatable bonds is 6. The maximum Gasteiger partial charge on any atom is 0.254 e. The molecule has 0 aliphatic heterocycles. The summed E-state index contributed by atoms with van der Waals surface area (Å²) in [5.41, 5.74) is -0.263. The second kappa shape index (κ2) is 7.13. The molecule has 0 spiro atoms. The Morgan fingerprint density at radius 2 is 1.79 bits per heavy atom. The average Bonchev–Trinajstić information content (AvgIpc) is 2.39. The first-order valence-electron chi connectivity index (χ1n) is 6.06.